The molecule has 0 aliphatic heterocycles. The standard InChI is InChI=1S/C14H20N2O/c1-11-5-2-3-6-13(11)16(10-4-9-15)14(17)12-7-8-12/h2-3,5-6,12H,4,7-10,15H2,1H3. The largest absolute Gasteiger partial charge is 0.330 e. The van der Waals surface area contributed by atoms with E-state index in [9.17, 15) is 4.79 Å². The third kappa shape index (κ3) is 2.86. The Labute approximate surface area is 103 Å². The van der Waals surface area contributed by atoms with Crippen molar-refractivity contribution in [2.45, 2.75) is 26.2 Å². The molecule has 1 fully saturated rings. The summed E-state index contributed by atoms with van der Waals surface area (Å²) in [6.45, 7) is 3.40. The molecule has 0 unspecified atom stereocenters. The monoisotopic (exact) mass is 232 g/mol. The van der Waals surface area contributed by atoms with Crippen LogP contribution in [0.3, 0.4) is 0 Å². The molecule has 1 aromatic carbocycles. The predicted octanol–water partition coefficient (Wildman–Crippen LogP) is 2.09. The second kappa shape index (κ2) is 5.32. The minimum absolute atomic E-state index is 0.257. The zero-order valence-corrected chi connectivity index (χ0v) is 10.4. The minimum atomic E-state index is 0.257. The minimum Gasteiger partial charge on any atom is -0.330 e. The van der Waals surface area contributed by atoms with Gasteiger partial charge in [-0.15, -0.1) is 0 Å². The van der Waals surface area contributed by atoms with Crippen LogP contribution in [0.25, 0.3) is 0 Å². The van der Waals surface area contributed by atoms with Crippen LogP contribution >= 0.6 is 0 Å². The van der Waals surface area contributed by atoms with Gasteiger partial charge in [0.25, 0.3) is 0 Å². The highest BCUT2D eigenvalue weighted by Crippen LogP contribution is 2.33. The molecule has 0 bridgehead atoms. The zero-order chi connectivity index (χ0) is 12.3. The Morgan fingerprint density at radius 3 is 2.71 bits per heavy atom. The fraction of sp³-hybridized carbons (Fsp3) is 0.500. The fourth-order valence-corrected chi connectivity index (χ4v) is 2.02. The number of aryl methyl sites for hydroxylation is 1. The van der Waals surface area contributed by atoms with Gasteiger partial charge in [0.05, 0.1) is 0 Å². The van der Waals surface area contributed by atoms with Crippen LogP contribution in [0.15, 0.2) is 24.3 Å². The molecule has 17 heavy (non-hydrogen) atoms. The van der Waals surface area contributed by atoms with Crippen LogP contribution in [0, 0.1) is 12.8 Å². The number of carbonyl (C=O) groups excluding carboxylic acids is 1. The number of amides is 1. The molecule has 3 heteroatoms. The van der Waals surface area contributed by atoms with Crippen molar-refractivity contribution in [3.8, 4) is 0 Å². The smallest absolute Gasteiger partial charge is 0.230 e. The first-order valence-electron chi connectivity index (χ1n) is 6.31. The van der Waals surface area contributed by atoms with Gasteiger partial charge in [-0.25, -0.2) is 0 Å². The van der Waals surface area contributed by atoms with Gasteiger partial charge < -0.3 is 10.6 Å². The quantitative estimate of drug-likeness (QED) is 0.845. The lowest BCUT2D eigenvalue weighted by atomic mass is 10.1. The molecule has 1 saturated carbocycles. The Balaban J connectivity index is 2.19. The third-order valence-corrected chi connectivity index (χ3v) is 3.18. The lowest BCUT2D eigenvalue weighted by Gasteiger charge is -2.24. The summed E-state index contributed by atoms with van der Waals surface area (Å²) in [4.78, 5) is 14.2. The van der Waals surface area contributed by atoms with E-state index in [1.54, 1.807) is 0 Å². The molecule has 1 amide bonds. The maximum absolute atomic E-state index is 12.2. The SMILES string of the molecule is Cc1ccccc1N(CCCN)C(=O)C1CC1. The van der Waals surface area contributed by atoms with E-state index in [0.717, 1.165) is 37.1 Å². The molecule has 0 aromatic heterocycles. The van der Waals surface area contributed by atoms with Gasteiger partial charge in [0.15, 0.2) is 0 Å². The Kier molecular flexibility index (Phi) is 3.79. The number of rotatable bonds is 5. The summed E-state index contributed by atoms with van der Waals surface area (Å²) in [5.41, 5.74) is 7.74. The molecular weight excluding hydrogens is 212 g/mol. The van der Waals surface area contributed by atoms with Crippen LogP contribution in [0.2, 0.25) is 0 Å². The molecule has 1 aliphatic carbocycles. The fourth-order valence-electron chi connectivity index (χ4n) is 2.02. The molecule has 0 radical (unpaired) electrons. The zero-order valence-electron chi connectivity index (χ0n) is 10.4. The van der Waals surface area contributed by atoms with Crippen LogP contribution in [-0.4, -0.2) is 19.0 Å². The second-order valence-electron chi connectivity index (χ2n) is 4.69. The van der Waals surface area contributed by atoms with E-state index < -0.39 is 0 Å². The number of hydrogen-bond donors (Lipinski definition) is 1. The van der Waals surface area contributed by atoms with Crippen LogP contribution in [0.4, 0.5) is 5.69 Å². The molecule has 1 aromatic rings. The van der Waals surface area contributed by atoms with Crippen LogP contribution in [0.1, 0.15) is 24.8 Å². The third-order valence-electron chi connectivity index (χ3n) is 3.18. The van der Waals surface area contributed by atoms with Crippen molar-refractivity contribution in [1.82, 2.24) is 0 Å². The topological polar surface area (TPSA) is 46.3 Å². The maximum Gasteiger partial charge on any atom is 0.230 e. The van der Waals surface area contributed by atoms with Crippen molar-refractivity contribution < 1.29 is 4.79 Å². The number of carbonyl (C=O) groups is 1. The summed E-state index contributed by atoms with van der Waals surface area (Å²) in [5, 5.41) is 0. The summed E-state index contributed by atoms with van der Waals surface area (Å²) >= 11 is 0. The molecular formula is C14H20N2O. The number of para-hydroxylation sites is 1. The number of hydrogen-bond acceptors (Lipinski definition) is 2. The summed E-state index contributed by atoms with van der Waals surface area (Å²) in [7, 11) is 0. The van der Waals surface area contributed by atoms with Gasteiger partial charge in [-0.1, -0.05) is 18.2 Å². The molecule has 2 N–H and O–H groups in total. The van der Waals surface area contributed by atoms with Crippen LogP contribution in [-0.2, 0) is 4.79 Å². The number of nitrogens with zero attached hydrogens (tertiary/aromatic N) is 1. The molecule has 3 nitrogen and oxygen atoms in total. The van der Waals surface area contributed by atoms with Gasteiger partial charge in [-0.05, 0) is 44.4 Å². The molecule has 0 heterocycles. The molecule has 0 spiro atoms. The Bertz CT molecular complexity index is 399. The average Bonchev–Trinajstić information content (AvgIpc) is 3.15. The van der Waals surface area contributed by atoms with Crippen molar-refractivity contribution in [3.63, 3.8) is 0 Å². The van der Waals surface area contributed by atoms with Crippen molar-refractivity contribution in [1.29, 1.82) is 0 Å². The van der Waals surface area contributed by atoms with Gasteiger partial charge in [-0.2, -0.15) is 0 Å². The van der Waals surface area contributed by atoms with E-state index in [-0.39, 0.29) is 11.8 Å². The van der Waals surface area contributed by atoms with Crippen molar-refractivity contribution >= 4 is 11.6 Å². The summed E-state index contributed by atoms with van der Waals surface area (Å²) in [5.74, 6) is 0.528. The molecule has 1 aliphatic rings. The van der Waals surface area contributed by atoms with E-state index in [1.165, 1.54) is 0 Å². The van der Waals surface area contributed by atoms with E-state index >= 15 is 0 Å². The molecule has 2 rings (SSSR count). The van der Waals surface area contributed by atoms with E-state index in [4.69, 9.17) is 5.73 Å². The van der Waals surface area contributed by atoms with Crippen molar-refractivity contribution in [2.24, 2.45) is 11.7 Å². The van der Waals surface area contributed by atoms with Crippen molar-refractivity contribution in [2.75, 3.05) is 18.0 Å². The first-order valence-corrected chi connectivity index (χ1v) is 6.31. The van der Waals surface area contributed by atoms with E-state index in [0.29, 0.717) is 6.54 Å². The normalized spacial score (nSPS) is 14.7. The predicted molar refractivity (Wildman–Crippen MR) is 69.9 cm³/mol. The first-order chi connectivity index (χ1) is 8.24. The Morgan fingerprint density at radius 2 is 2.12 bits per heavy atom. The number of nitrogens with two attached hydrogens (primary N) is 1. The van der Waals surface area contributed by atoms with Crippen molar-refractivity contribution in [3.05, 3.63) is 29.8 Å². The average molecular weight is 232 g/mol. The highest BCUT2D eigenvalue weighted by atomic mass is 16.2. The van der Waals surface area contributed by atoms with Crippen LogP contribution < -0.4 is 10.6 Å². The Hall–Kier alpha value is -1.35. The molecule has 0 atom stereocenters. The van der Waals surface area contributed by atoms with Gasteiger partial charge >= 0.3 is 0 Å². The molecule has 92 valence electrons. The van der Waals surface area contributed by atoms with Gasteiger partial charge in [0, 0.05) is 18.2 Å². The van der Waals surface area contributed by atoms with Gasteiger partial charge in [0.1, 0.15) is 0 Å². The van der Waals surface area contributed by atoms with Crippen LogP contribution in [0.5, 0.6) is 0 Å². The lowest BCUT2D eigenvalue weighted by Crippen LogP contribution is -2.34. The van der Waals surface area contributed by atoms with Gasteiger partial charge in [-0.3, -0.25) is 4.79 Å². The van der Waals surface area contributed by atoms with E-state index in [2.05, 4.69) is 0 Å². The van der Waals surface area contributed by atoms with E-state index in [1.807, 2.05) is 36.1 Å². The summed E-state index contributed by atoms with van der Waals surface area (Å²) < 4.78 is 0. The number of benzene rings is 1. The highest BCUT2D eigenvalue weighted by Gasteiger charge is 2.34. The first kappa shape index (κ1) is 12.1. The number of anilines is 1. The maximum atomic E-state index is 12.2. The Morgan fingerprint density at radius 1 is 1.41 bits per heavy atom. The lowest BCUT2D eigenvalue weighted by molar-refractivity contribution is -0.119. The summed E-state index contributed by atoms with van der Waals surface area (Å²) in [6, 6.07) is 8.05. The summed E-state index contributed by atoms with van der Waals surface area (Å²) in [6.07, 6.45) is 2.94. The highest BCUT2D eigenvalue weighted by molar-refractivity contribution is 5.97. The second-order valence-corrected chi connectivity index (χ2v) is 4.69. The molecule has 0 saturated heterocycles. The van der Waals surface area contributed by atoms with Gasteiger partial charge in [0.2, 0.25) is 5.91 Å².